The van der Waals surface area contributed by atoms with Crippen LogP contribution in [0.1, 0.15) is 58.4 Å². The molecule has 1 unspecified atom stereocenters. The Balaban J connectivity index is 2.49. The summed E-state index contributed by atoms with van der Waals surface area (Å²) in [7, 11) is 0. The molecule has 18 heavy (non-hydrogen) atoms. The standard InChI is InChI=1S/C13H25N3O2/c1-5-17-10(2)12-15-11(18-16-12)6-7-13(3,4)8-9-14/h10H,5-9,14H2,1-4H3. The summed E-state index contributed by atoms with van der Waals surface area (Å²) < 4.78 is 10.7. The van der Waals surface area contributed by atoms with Crippen LogP contribution >= 0.6 is 0 Å². The summed E-state index contributed by atoms with van der Waals surface area (Å²) in [5.41, 5.74) is 5.81. The highest BCUT2D eigenvalue weighted by atomic mass is 16.5. The highest BCUT2D eigenvalue weighted by Gasteiger charge is 2.19. The Bertz CT molecular complexity index is 350. The van der Waals surface area contributed by atoms with Gasteiger partial charge in [0.2, 0.25) is 5.89 Å². The van der Waals surface area contributed by atoms with Gasteiger partial charge in [0.25, 0.3) is 0 Å². The Hall–Kier alpha value is -0.940. The maximum Gasteiger partial charge on any atom is 0.226 e. The van der Waals surface area contributed by atoms with E-state index in [2.05, 4.69) is 24.0 Å². The van der Waals surface area contributed by atoms with Gasteiger partial charge in [0.05, 0.1) is 0 Å². The van der Waals surface area contributed by atoms with Crippen LogP contribution in [0.5, 0.6) is 0 Å². The van der Waals surface area contributed by atoms with Crippen LogP contribution in [0.4, 0.5) is 0 Å². The SMILES string of the molecule is CCOC(C)c1noc(CCC(C)(C)CCN)n1. The molecule has 0 saturated carbocycles. The van der Waals surface area contributed by atoms with E-state index in [0.29, 0.717) is 24.9 Å². The molecule has 0 bridgehead atoms. The van der Waals surface area contributed by atoms with Crippen LogP contribution in [0.3, 0.4) is 0 Å². The Labute approximate surface area is 109 Å². The number of hydrogen-bond donors (Lipinski definition) is 1. The molecular weight excluding hydrogens is 230 g/mol. The molecule has 0 aliphatic rings. The van der Waals surface area contributed by atoms with E-state index in [4.69, 9.17) is 15.0 Å². The Morgan fingerprint density at radius 1 is 1.39 bits per heavy atom. The summed E-state index contributed by atoms with van der Waals surface area (Å²) >= 11 is 0. The van der Waals surface area contributed by atoms with Crippen molar-refractivity contribution in [2.45, 2.75) is 53.1 Å². The topological polar surface area (TPSA) is 74.2 Å². The Morgan fingerprint density at radius 3 is 2.72 bits per heavy atom. The molecule has 5 heteroatoms. The molecule has 0 radical (unpaired) electrons. The van der Waals surface area contributed by atoms with Gasteiger partial charge in [-0.05, 0) is 38.6 Å². The summed E-state index contributed by atoms with van der Waals surface area (Å²) in [6.07, 6.45) is 2.68. The highest BCUT2D eigenvalue weighted by Crippen LogP contribution is 2.26. The van der Waals surface area contributed by atoms with Gasteiger partial charge in [-0.2, -0.15) is 4.98 Å². The number of aryl methyl sites for hydroxylation is 1. The molecule has 1 aromatic heterocycles. The predicted octanol–water partition coefficient (Wildman–Crippen LogP) is 2.47. The predicted molar refractivity (Wildman–Crippen MR) is 70.1 cm³/mol. The van der Waals surface area contributed by atoms with Crippen LogP contribution in [-0.4, -0.2) is 23.3 Å². The lowest BCUT2D eigenvalue weighted by Crippen LogP contribution is -2.17. The Morgan fingerprint density at radius 2 is 2.11 bits per heavy atom. The molecule has 1 heterocycles. The number of ether oxygens (including phenoxy) is 1. The van der Waals surface area contributed by atoms with Crippen molar-refractivity contribution in [3.63, 3.8) is 0 Å². The van der Waals surface area contributed by atoms with Crippen molar-refractivity contribution >= 4 is 0 Å². The van der Waals surface area contributed by atoms with Crippen LogP contribution in [0.2, 0.25) is 0 Å². The van der Waals surface area contributed by atoms with Crippen molar-refractivity contribution in [3.05, 3.63) is 11.7 Å². The maximum atomic E-state index is 5.59. The quantitative estimate of drug-likeness (QED) is 0.772. The monoisotopic (exact) mass is 255 g/mol. The first-order valence-corrected chi connectivity index (χ1v) is 6.62. The van der Waals surface area contributed by atoms with Crippen LogP contribution in [0, 0.1) is 5.41 Å². The molecule has 0 amide bonds. The molecule has 104 valence electrons. The van der Waals surface area contributed by atoms with Gasteiger partial charge in [0.15, 0.2) is 5.82 Å². The van der Waals surface area contributed by atoms with Crippen LogP contribution in [0.15, 0.2) is 4.52 Å². The molecule has 0 aliphatic carbocycles. The van der Waals surface area contributed by atoms with E-state index in [-0.39, 0.29) is 11.5 Å². The Kier molecular flexibility index (Phi) is 5.75. The summed E-state index contributed by atoms with van der Waals surface area (Å²) in [6.45, 7) is 9.65. The third kappa shape index (κ3) is 4.74. The van der Waals surface area contributed by atoms with Gasteiger partial charge in [0, 0.05) is 13.0 Å². The van der Waals surface area contributed by atoms with Crippen molar-refractivity contribution < 1.29 is 9.26 Å². The lowest BCUT2D eigenvalue weighted by molar-refractivity contribution is 0.0683. The molecule has 5 nitrogen and oxygen atoms in total. The van der Waals surface area contributed by atoms with Crippen LogP contribution in [0.25, 0.3) is 0 Å². The zero-order chi connectivity index (χ0) is 13.6. The molecule has 1 atom stereocenters. The molecule has 1 rings (SSSR count). The van der Waals surface area contributed by atoms with E-state index in [1.807, 2.05) is 13.8 Å². The third-order valence-electron chi connectivity index (χ3n) is 3.10. The van der Waals surface area contributed by atoms with Gasteiger partial charge < -0.3 is 15.0 Å². The minimum absolute atomic E-state index is 0.107. The smallest absolute Gasteiger partial charge is 0.226 e. The van der Waals surface area contributed by atoms with Crippen molar-refractivity contribution in [2.75, 3.05) is 13.2 Å². The average molecular weight is 255 g/mol. The van der Waals surface area contributed by atoms with Gasteiger partial charge >= 0.3 is 0 Å². The number of hydrogen-bond acceptors (Lipinski definition) is 5. The molecule has 1 aromatic rings. The first-order chi connectivity index (χ1) is 8.48. The summed E-state index contributed by atoms with van der Waals surface area (Å²) in [5.74, 6) is 1.31. The number of aromatic nitrogens is 2. The van der Waals surface area contributed by atoms with E-state index in [1.165, 1.54) is 0 Å². The second-order valence-corrected chi connectivity index (χ2v) is 5.35. The average Bonchev–Trinajstić information content (AvgIpc) is 2.75. The fraction of sp³-hybridized carbons (Fsp3) is 0.846. The zero-order valence-corrected chi connectivity index (χ0v) is 11.9. The minimum Gasteiger partial charge on any atom is -0.371 e. The van der Waals surface area contributed by atoms with E-state index in [0.717, 1.165) is 19.3 Å². The fourth-order valence-electron chi connectivity index (χ4n) is 1.82. The van der Waals surface area contributed by atoms with Crippen molar-refractivity contribution in [2.24, 2.45) is 11.1 Å². The maximum absolute atomic E-state index is 5.59. The number of nitrogens with zero attached hydrogens (tertiary/aromatic N) is 2. The first kappa shape index (κ1) is 15.1. The summed E-state index contributed by atoms with van der Waals surface area (Å²) in [5, 5.41) is 3.95. The van der Waals surface area contributed by atoms with E-state index >= 15 is 0 Å². The summed E-state index contributed by atoms with van der Waals surface area (Å²) in [6, 6.07) is 0. The fourth-order valence-corrected chi connectivity index (χ4v) is 1.82. The van der Waals surface area contributed by atoms with E-state index in [9.17, 15) is 0 Å². The lowest BCUT2D eigenvalue weighted by atomic mass is 9.84. The normalized spacial score (nSPS) is 13.8. The van der Waals surface area contributed by atoms with Gasteiger partial charge in [-0.1, -0.05) is 19.0 Å². The minimum atomic E-state index is -0.107. The zero-order valence-electron chi connectivity index (χ0n) is 11.9. The lowest BCUT2D eigenvalue weighted by Gasteiger charge is -2.22. The van der Waals surface area contributed by atoms with Gasteiger partial charge in [-0.25, -0.2) is 0 Å². The molecule has 0 fully saturated rings. The van der Waals surface area contributed by atoms with Gasteiger partial charge in [0.1, 0.15) is 6.10 Å². The second kappa shape index (κ2) is 6.85. The number of rotatable bonds is 8. The highest BCUT2D eigenvalue weighted by molar-refractivity contribution is 4.90. The van der Waals surface area contributed by atoms with Gasteiger partial charge in [-0.15, -0.1) is 0 Å². The molecule has 0 aliphatic heterocycles. The van der Waals surface area contributed by atoms with Crippen molar-refractivity contribution in [1.29, 1.82) is 0 Å². The van der Waals surface area contributed by atoms with Crippen LogP contribution < -0.4 is 5.73 Å². The summed E-state index contributed by atoms with van der Waals surface area (Å²) in [4.78, 5) is 4.36. The second-order valence-electron chi connectivity index (χ2n) is 5.35. The molecule has 0 saturated heterocycles. The van der Waals surface area contributed by atoms with Crippen LogP contribution in [-0.2, 0) is 11.2 Å². The van der Waals surface area contributed by atoms with Gasteiger partial charge in [-0.3, -0.25) is 0 Å². The third-order valence-corrected chi connectivity index (χ3v) is 3.10. The molecular formula is C13H25N3O2. The molecule has 0 aromatic carbocycles. The number of nitrogens with two attached hydrogens (primary N) is 1. The largest absolute Gasteiger partial charge is 0.371 e. The van der Waals surface area contributed by atoms with E-state index < -0.39 is 0 Å². The molecule has 2 N–H and O–H groups in total. The van der Waals surface area contributed by atoms with Crippen molar-refractivity contribution in [3.8, 4) is 0 Å². The van der Waals surface area contributed by atoms with E-state index in [1.54, 1.807) is 0 Å². The van der Waals surface area contributed by atoms with Crippen molar-refractivity contribution in [1.82, 2.24) is 10.1 Å². The first-order valence-electron chi connectivity index (χ1n) is 6.62. The molecule has 0 spiro atoms.